The van der Waals surface area contributed by atoms with Crippen LogP contribution in [0, 0.1) is 28.6 Å². The van der Waals surface area contributed by atoms with Gasteiger partial charge < -0.3 is 10.3 Å². The van der Waals surface area contributed by atoms with Crippen molar-refractivity contribution in [3.8, 4) is 0 Å². The van der Waals surface area contributed by atoms with Crippen molar-refractivity contribution in [1.82, 2.24) is 0 Å². The molecule has 6 atom stereocenters. The number of aliphatic hydroxyl groups is 1. The van der Waals surface area contributed by atoms with Crippen molar-refractivity contribution in [3.05, 3.63) is 11.6 Å². The minimum Gasteiger partial charge on any atom is -0.411 e. The summed E-state index contributed by atoms with van der Waals surface area (Å²) in [5.74, 6) is 2.18. The van der Waals surface area contributed by atoms with Crippen molar-refractivity contribution in [1.29, 1.82) is 0 Å². The highest BCUT2D eigenvalue weighted by atomic mass is 16.4. The Hall–Kier alpha value is -0.830. The molecule has 4 aliphatic carbocycles. The van der Waals surface area contributed by atoms with E-state index in [9.17, 15) is 10.3 Å². The molecule has 3 nitrogen and oxygen atoms in total. The summed E-state index contributed by atoms with van der Waals surface area (Å²) >= 11 is 0. The minimum absolute atomic E-state index is 0.121. The maximum Gasteiger partial charge on any atom is 0.0632 e. The topological polar surface area (TPSA) is 52.8 Å². The maximum atomic E-state index is 10.0. The third-order valence-electron chi connectivity index (χ3n) is 7.94. The summed E-state index contributed by atoms with van der Waals surface area (Å²) in [5.41, 5.74) is 3.02. The van der Waals surface area contributed by atoms with E-state index in [-0.39, 0.29) is 11.5 Å². The summed E-state index contributed by atoms with van der Waals surface area (Å²) < 4.78 is 0. The van der Waals surface area contributed by atoms with Crippen molar-refractivity contribution in [3.63, 3.8) is 0 Å². The number of aliphatic hydroxyl groups excluding tert-OH is 1. The molecular formula is C19H29NO2. The lowest BCUT2D eigenvalue weighted by molar-refractivity contribution is -0.0213. The molecule has 0 heterocycles. The van der Waals surface area contributed by atoms with Gasteiger partial charge in [0.2, 0.25) is 0 Å². The fourth-order valence-corrected chi connectivity index (χ4v) is 6.59. The van der Waals surface area contributed by atoms with Crippen LogP contribution in [0.25, 0.3) is 0 Å². The summed E-state index contributed by atoms with van der Waals surface area (Å²) in [6.07, 6.45) is 11.1. The number of nitrogens with zero attached hydrogens (tertiary/aromatic N) is 1. The van der Waals surface area contributed by atoms with Crippen LogP contribution in [-0.2, 0) is 0 Å². The van der Waals surface area contributed by atoms with E-state index in [0.29, 0.717) is 11.3 Å². The van der Waals surface area contributed by atoms with Gasteiger partial charge in [0.1, 0.15) is 0 Å². The number of allylic oxidation sites excluding steroid dienone is 1. The minimum atomic E-state index is -0.121. The van der Waals surface area contributed by atoms with Gasteiger partial charge in [-0.25, -0.2) is 0 Å². The summed E-state index contributed by atoms with van der Waals surface area (Å²) in [6.45, 7) is 4.79. The lowest BCUT2D eigenvalue weighted by atomic mass is 9.48. The molecule has 4 aliphatic rings. The van der Waals surface area contributed by atoms with E-state index in [0.717, 1.165) is 43.2 Å². The second-order valence-electron chi connectivity index (χ2n) is 8.70. The van der Waals surface area contributed by atoms with Gasteiger partial charge in [0.05, 0.1) is 11.8 Å². The molecule has 122 valence electrons. The number of oxime groups is 1. The predicted octanol–water partition coefficient (Wildman–Crippen LogP) is 4.14. The second kappa shape index (κ2) is 4.83. The number of hydrogen-bond donors (Lipinski definition) is 2. The van der Waals surface area contributed by atoms with E-state index in [4.69, 9.17) is 0 Å². The molecule has 0 aromatic rings. The zero-order valence-electron chi connectivity index (χ0n) is 13.9. The lowest BCUT2D eigenvalue weighted by Gasteiger charge is -2.57. The second-order valence-corrected chi connectivity index (χ2v) is 8.70. The summed E-state index contributed by atoms with van der Waals surface area (Å²) in [5, 5.41) is 23.1. The molecule has 0 spiro atoms. The number of fused-ring (bicyclic) bond motifs is 5. The SMILES string of the molecule is C[C@]12CC[C@H](O)CC1=CC[C@@H]1[C@@H]2CC[C@@]2(C)/C(=N/O)CC[C@@H]12. The standard InChI is InChI=1S/C19H29NO2/c1-18-9-7-13(21)11-12(18)3-4-14-15-5-6-17(20-22)19(15,2)10-8-16(14)18/h3,13-16,21-22H,4-11H2,1-2H3/b20-17+/t13-,14-,15-,16-,18-,19+/m0/s1. The van der Waals surface area contributed by atoms with Crippen molar-refractivity contribution in [2.24, 2.45) is 33.7 Å². The molecule has 0 aromatic heterocycles. The van der Waals surface area contributed by atoms with Crippen LogP contribution in [0.4, 0.5) is 0 Å². The van der Waals surface area contributed by atoms with Crippen LogP contribution in [0.1, 0.15) is 65.2 Å². The Kier molecular flexibility index (Phi) is 3.24. The van der Waals surface area contributed by atoms with Gasteiger partial charge in [-0.3, -0.25) is 0 Å². The van der Waals surface area contributed by atoms with Gasteiger partial charge in [-0.2, -0.15) is 0 Å². The molecule has 0 saturated heterocycles. The molecule has 4 rings (SSSR count). The molecule has 0 aromatic carbocycles. The van der Waals surface area contributed by atoms with Crippen molar-refractivity contribution in [2.75, 3.05) is 0 Å². The fourth-order valence-electron chi connectivity index (χ4n) is 6.59. The van der Waals surface area contributed by atoms with Crippen LogP contribution in [-0.4, -0.2) is 22.1 Å². The molecular weight excluding hydrogens is 274 g/mol. The highest BCUT2D eigenvalue weighted by Gasteiger charge is 2.57. The Morgan fingerprint density at radius 1 is 1.09 bits per heavy atom. The first-order valence-electron chi connectivity index (χ1n) is 9.08. The molecule has 2 N–H and O–H groups in total. The molecule has 3 saturated carbocycles. The van der Waals surface area contributed by atoms with Crippen LogP contribution in [0.15, 0.2) is 16.8 Å². The van der Waals surface area contributed by atoms with Crippen LogP contribution >= 0.6 is 0 Å². The highest BCUT2D eigenvalue weighted by molar-refractivity contribution is 5.92. The maximum absolute atomic E-state index is 10.0. The quantitative estimate of drug-likeness (QED) is 0.401. The fraction of sp³-hybridized carbons (Fsp3) is 0.842. The third-order valence-corrected chi connectivity index (χ3v) is 7.94. The summed E-state index contributed by atoms with van der Waals surface area (Å²) in [7, 11) is 0. The Labute approximate surface area is 133 Å². The first-order valence-corrected chi connectivity index (χ1v) is 9.08. The Morgan fingerprint density at radius 2 is 1.82 bits per heavy atom. The van der Waals surface area contributed by atoms with Crippen LogP contribution in [0.5, 0.6) is 0 Å². The van der Waals surface area contributed by atoms with Crippen molar-refractivity contribution in [2.45, 2.75) is 71.3 Å². The predicted molar refractivity (Wildman–Crippen MR) is 86.9 cm³/mol. The van der Waals surface area contributed by atoms with E-state index in [1.54, 1.807) is 0 Å². The van der Waals surface area contributed by atoms with Crippen LogP contribution in [0.2, 0.25) is 0 Å². The van der Waals surface area contributed by atoms with Crippen molar-refractivity contribution >= 4 is 5.71 Å². The largest absolute Gasteiger partial charge is 0.411 e. The number of hydrogen-bond acceptors (Lipinski definition) is 3. The zero-order valence-corrected chi connectivity index (χ0v) is 13.9. The monoisotopic (exact) mass is 303 g/mol. The molecule has 0 aliphatic heterocycles. The molecule has 0 radical (unpaired) electrons. The average molecular weight is 303 g/mol. The Balaban J connectivity index is 1.69. The van der Waals surface area contributed by atoms with Gasteiger partial charge in [0.25, 0.3) is 0 Å². The summed E-state index contributed by atoms with van der Waals surface area (Å²) in [6, 6.07) is 0. The molecule has 0 amide bonds. The van der Waals surface area contributed by atoms with Gasteiger partial charge in [-0.1, -0.05) is 30.7 Å². The van der Waals surface area contributed by atoms with Crippen LogP contribution < -0.4 is 0 Å². The first kappa shape index (κ1) is 14.7. The van der Waals surface area contributed by atoms with Gasteiger partial charge in [-0.15, -0.1) is 0 Å². The smallest absolute Gasteiger partial charge is 0.0632 e. The molecule has 0 unspecified atom stereocenters. The first-order chi connectivity index (χ1) is 10.5. The molecule has 0 bridgehead atoms. The lowest BCUT2D eigenvalue weighted by Crippen LogP contribution is -2.50. The average Bonchev–Trinajstić information content (AvgIpc) is 2.84. The van der Waals surface area contributed by atoms with Crippen molar-refractivity contribution < 1.29 is 10.3 Å². The van der Waals surface area contributed by atoms with E-state index in [1.807, 2.05) is 0 Å². The van der Waals surface area contributed by atoms with Gasteiger partial charge in [0, 0.05) is 5.41 Å². The summed E-state index contributed by atoms with van der Waals surface area (Å²) in [4.78, 5) is 0. The van der Waals surface area contributed by atoms with Crippen LogP contribution in [0.3, 0.4) is 0 Å². The Bertz CT molecular complexity index is 540. The van der Waals surface area contributed by atoms with E-state index in [1.165, 1.54) is 31.3 Å². The highest BCUT2D eigenvalue weighted by Crippen LogP contribution is 2.64. The Morgan fingerprint density at radius 3 is 2.59 bits per heavy atom. The zero-order chi connectivity index (χ0) is 15.5. The number of rotatable bonds is 0. The molecule has 22 heavy (non-hydrogen) atoms. The van der Waals surface area contributed by atoms with E-state index < -0.39 is 0 Å². The van der Waals surface area contributed by atoms with E-state index in [2.05, 4.69) is 25.1 Å². The molecule has 3 fully saturated rings. The van der Waals surface area contributed by atoms with Gasteiger partial charge in [0.15, 0.2) is 0 Å². The molecule has 3 heteroatoms. The normalized spacial score (nSPS) is 52.7. The van der Waals surface area contributed by atoms with E-state index >= 15 is 0 Å². The van der Waals surface area contributed by atoms with Gasteiger partial charge in [-0.05, 0) is 74.5 Å². The van der Waals surface area contributed by atoms with Gasteiger partial charge >= 0.3 is 0 Å². The third kappa shape index (κ3) is 1.81.